The Kier molecular flexibility index (Phi) is 3.31. The Morgan fingerprint density at radius 1 is 1.67 bits per heavy atom. The zero-order valence-corrected chi connectivity index (χ0v) is 7.54. The van der Waals surface area contributed by atoms with Gasteiger partial charge in [0, 0.05) is 6.04 Å². The Morgan fingerprint density at radius 3 is 3.00 bits per heavy atom. The van der Waals surface area contributed by atoms with Crippen molar-refractivity contribution in [2.45, 2.75) is 13.0 Å². The van der Waals surface area contributed by atoms with Crippen molar-refractivity contribution in [1.29, 1.82) is 0 Å². The van der Waals surface area contributed by atoms with E-state index in [-0.39, 0.29) is 12.6 Å². The summed E-state index contributed by atoms with van der Waals surface area (Å²) in [6.45, 7) is 1.94. The third-order valence-corrected chi connectivity index (χ3v) is 1.59. The molecule has 0 aliphatic heterocycles. The summed E-state index contributed by atoms with van der Waals surface area (Å²) in [6.07, 6.45) is 0. The van der Waals surface area contributed by atoms with Gasteiger partial charge in [0.05, 0.1) is 6.61 Å². The van der Waals surface area contributed by atoms with Crippen LogP contribution in [-0.2, 0) is 0 Å². The smallest absolute Gasteiger partial charge is 0.131 e. The van der Waals surface area contributed by atoms with Gasteiger partial charge in [-0.05, 0) is 19.1 Å². The van der Waals surface area contributed by atoms with Gasteiger partial charge in [-0.15, -0.1) is 0 Å². The molecule has 0 saturated carbocycles. The first-order chi connectivity index (χ1) is 5.72. The molecular formula is C8H11ClN2O. The quantitative estimate of drug-likeness (QED) is 0.704. The largest absolute Gasteiger partial charge is 0.394 e. The molecule has 0 aliphatic carbocycles. The van der Waals surface area contributed by atoms with Crippen LogP contribution in [0.25, 0.3) is 0 Å². The van der Waals surface area contributed by atoms with E-state index in [1.807, 2.05) is 13.0 Å². The highest BCUT2D eigenvalue weighted by Gasteiger charge is 2.00. The van der Waals surface area contributed by atoms with E-state index < -0.39 is 0 Å². The Balaban J connectivity index is 2.63. The molecule has 0 radical (unpaired) electrons. The van der Waals surface area contributed by atoms with Crippen LogP contribution in [-0.4, -0.2) is 22.7 Å². The topological polar surface area (TPSA) is 45.1 Å². The van der Waals surface area contributed by atoms with Crippen LogP contribution < -0.4 is 5.32 Å². The molecule has 0 amide bonds. The fourth-order valence-corrected chi connectivity index (χ4v) is 0.951. The Bertz CT molecular complexity index is 255. The molecule has 12 heavy (non-hydrogen) atoms. The summed E-state index contributed by atoms with van der Waals surface area (Å²) in [6, 6.07) is 5.31. The van der Waals surface area contributed by atoms with E-state index in [1.165, 1.54) is 0 Å². The maximum atomic E-state index is 8.74. The minimum Gasteiger partial charge on any atom is -0.394 e. The molecule has 0 aromatic carbocycles. The van der Waals surface area contributed by atoms with Gasteiger partial charge in [0.15, 0.2) is 0 Å². The number of halogens is 1. The van der Waals surface area contributed by atoms with E-state index >= 15 is 0 Å². The number of nitrogens with one attached hydrogen (secondary N) is 1. The van der Waals surface area contributed by atoms with Crippen molar-refractivity contribution >= 4 is 17.4 Å². The van der Waals surface area contributed by atoms with Gasteiger partial charge >= 0.3 is 0 Å². The summed E-state index contributed by atoms with van der Waals surface area (Å²) in [7, 11) is 0. The van der Waals surface area contributed by atoms with Crippen LogP contribution in [0, 0.1) is 0 Å². The fraction of sp³-hybridized carbons (Fsp3) is 0.375. The van der Waals surface area contributed by atoms with E-state index in [0.717, 1.165) is 0 Å². The lowest BCUT2D eigenvalue weighted by molar-refractivity contribution is 0.281. The number of aliphatic hydroxyl groups excluding tert-OH is 1. The zero-order chi connectivity index (χ0) is 8.97. The maximum Gasteiger partial charge on any atom is 0.131 e. The molecule has 1 aromatic heterocycles. The lowest BCUT2D eigenvalue weighted by Crippen LogP contribution is -2.19. The molecule has 0 aliphatic rings. The molecular weight excluding hydrogens is 176 g/mol. The summed E-state index contributed by atoms with van der Waals surface area (Å²) < 4.78 is 0. The predicted octanol–water partition coefficient (Wildman–Crippen LogP) is 1.53. The van der Waals surface area contributed by atoms with Gasteiger partial charge in [0.1, 0.15) is 11.0 Å². The van der Waals surface area contributed by atoms with Crippen molar-refractivity contribution in [1.82, 2.24) is 4.98 Å². The third kappa shape index (κ3) is 2.68. The van der Waals surface area contributed by atoms with E-state index in [1.54, 1.807) is 12.1 Å². The van der Waals surface area contributed by atoms with Gasteiger partial charge in [-0.1, -0.05) is 17.7 Å². The van der Waals surface area contributed by atoms with Crippen LogP contribution >= 0.6 is 11.6 Å². The van der Waals surface area contributed by atoms with Gasteiger partial charge in [-0.25, -0.2) is 4.98 Å². The SMILES string of the molecule is CC(CO)Nc1cccc(Cl)n1. The number of nitrogens with zero attached hydrogens (tertiary/aromatic N) is 1. The first-order valence-corrected chi connectivity index (χ1v) is 4.10. The molecule has 1 atom stereocenters. The molecule has 0 fully saturated rings. The van der Waals surface area contributed by atoms with E-state index in [4.69, 9.17) is 16.7 Å². The summed E-state index contributed by atoms with van der Waals surface area (Å²) in [5.74, 6) is 0.684. The maximum absolute atomic E-state index is 8.74. The van der Waals surface area contributed by atoms with E-state index in [2.05, 4.69) is 10.3 Å². The standard InChI is InChI=1S/C8H11ClN2O/c1-6(5-12)10-8-4-2-3-7(9)11-8/h2-4,6,12H,5H2,1H3,(H,10,11). The molecule has 1 unspecified atom stereocenters. The van der Waals surface area contributed by atoms with Crippen molar-refractivity contribution in [2.24, 2.45) is 0 Å². The van der Waals surface area contributed by atoms with E-state index in [9.17, 15) is 0 Å². The second kappa shape index (κ2) is 4.28. The van der Waals surface area contributed by atoms with Crippen LogP contribution in [0.5, 0.6) is 0 Å². The summed E-state index contributed by atoms with van der Waals surface area (Å²) in [5.41, 5.74) is 0. The minimum atomic E-state index is -0.00373. The summed E-state index contributed by atoms with van der Waals surface area (Å²) in [5, 5.41) is 12.2. The molecule has 1 rings (SSSR count). The molecule has 1 aromatic rings. The molecule has 66 valence electrons. The highest BCUT2D eigenvalue weighted by Crippen LogP contribution is 2.09. The normalized spacial score (nSPS) is 12.6. The van der Waals surface area contributed by atoms with E-state index in [0.29, 0.717) is 11.0 Å². The molecule has 0 bridgehead atoms. The van der Waals surface area contributed by atoms with Crippen LogP contribution in [0.2, 0.25) is 5.15 Å². The third-order valence-electron chi connectivity index (χ3n) is 1.38. The monoisotopic (exact) mass is 186 g/mol. The van der Waals surface area contributed by atoms with Crippen LogP contribution in [0.1, 0.15) is 6.92 Å². The van der Waals surface area contributed by atoms with Crippen molar-refractivity contribution in [3.05, 3.63) is 23.4 Å². The molecule has 4 heteroatoms. The number of hydrogen-bond acceptors (Lipinski definition) is 3. The van der Waals surface area contributed by atoms with Crippen molar-refractivity contribution in [3.63, 3.8) is 0 Å². The summed E-state index contributed by atoms with van der Waals surface area (Å²) in [4.78, 5) is 4.00. The lowest BCUT2D eigenvalue weighted by atomic mass is 10.3. The van der Waals surface area contributed by atoms with Gasteiger partial charge in [0.2, 0.25) is 0 Å². The molecule has 0 saturated heterocycles. The molecule has 3 nitrogen and oxygen atoms in total. The lowest BCUT2D eigenvalue weighted by Gasteiger charge is -2.10. The highest BCUT2D eigenvalue weighted by atomic mass is 35.5. The number of pyridine rings is 1. The average molecular weight is 187 g/mol. The first kappa shape index (κ1) is 9.29. The number of rotatable bonds is 3. The number of hydrogen-bond donors (Lipinski definition) is 2. The van der Waals surface area contributed by atoms with Crippen LogP contribution in [0.3, 0.4) is 0 Å². The zero-order valence-electron chi connectivity index (χ0n) is 6.79. The van der Waals surface area contributed by atoms with Crippen LogP contribution in [0.15, 0.2) is 18.2 Å². The van der Waals surface area contributed by atoms with Gasteiger partial charge in [-0.2, -0.15) is 0 Å². The van der Waals surface area contributed by atoms with Crippen molar-refractivity contribution in [3.8, 4) is 0 Å². The molecule has 1 heterocycles. The Hall–Kier alpha value is -0.800. The van der Waals surface area contributed by atoms with Crippen molar-refractivity contribution in [2.75, 3.05) is 11.9 Å². The molecule has 2 N–H and O–H groups in total. The second-order valence-electron chi connectivity index (χ2n) is 2.57. The number of anilines is 1. The van der Waals surface area contributed by atoms with Crippen LogP contribution in [0.4, 0.5) is 5.82 Å². The highest BCUT2D eigenvalue weighted by molar-refractivity contribution is 6.29. The predicted molar refractivity (Wildman–Crippen MR) is 49.4 cm³/mol. The summed E-state index contributed by atoms with van der Waals surface area (Å²) >= 11 is 5.66. The van der Waals surface area contributed by atoms with Crippen molar-refractivity contribution < 1.29 is 5.11 Å². The number of aromatic nitrogens is 1. The van der Waals surface area contributed by atoms with Gasteiger partial charge in [-0.3, -0.25) is 0 Å². The fourth-order valence-electron chi connectivity index (χ4n) is 0.787. The average Bonchev–Trinajstić information content (AvgIpc) is 2.04. The second-order valence-corrected chi connectivity index (χ2v) is 2.96. The Morgan fingerprint density at radius 2 is 2.42 bits per heavy atom. The van der Waals surface area contributed by atoms with Gasteiger partial charge in [0.25, 0.3) is 0 Å². The van der Waals surface area contributed by atoms with Gasteiger partial charge < -0.3 is 10.4 Å². The number of aliphatic hydroxyl groups is 1. The Labute approximate surface area is 76.4 Å². The first-order valence-electron chi connectivity index (χ1n) is 3.72. The minimum absolute atomic E-state index is 0.00373. The molecule has 0 spiro atoms.